The van der Waals surface area contributed by atoms with E-state index in [1.807, 2.05) is 32.3 Å². The molecule has 0 radical (unpaired) electrons. The summed E-state index contributed by atoms with van der Waals surface area (Å²) in [5.74, 6) is 1.37. The topological polar surface area (TPSA) is 120 Å². The third kappa shape index (κ3) is 5.11. The molecule has 10 nitrogen and oxygen atoms in total. The zero-order chi connectivity index (χ0) is 23.5. The van der Waals surface area contributed by atoms with E-state index in [9.17, 15) is 9.59 Å². The number of ether oxygens (including phenoxy) is 2. The number of nitrogens with one attached hydrogen (secondary N) is 2. The molecule has 2 amide bonds. The molecule has 1 aliphatic rings. The van der Waals surface area contributed by atoms with E-state index in [2.05, 4.69) is 25.8 Å². The smallest absolute Gasteiger partial charge is 0.251 e. The number of thioether (sulfide) groups is 1. The second-order valence-corrected chi connectivity index (χ2v) is 9.81. The van der Waals surface area contributed by atoms with Crippen molar-refractivity contribution in [2.45, 2.75) is 51.2 Å². The molecule has 0 unspecified atom stereocenters. The van der Waals surface area contributed by atoms with Gasteiger partial charge in [-0.2, -0.15) is 0 Å². The van der Waals surface area contributed by atoms with Gasteiger partial charge >= 0.3 is 0 Å². The summed E-state index contributed by atoms with van der Waals surface area (Å²) >= 11 is 2.76. The minimum Gasteiger partial charge on any atom is -0.454 e. The number of hydrogen-bond donors (Lipinski definition) is 2. The first kappa shape index (κ1) is 23.1. The monoisotopic (exact) mass is 488 g/mol. The fourth-order valence-corrected chi connectivity index (χ4v) is 4.85. The molecular formula is C21H24N6O4S2. The van der Waals surface area contributed by atoms with Crippen LogP contribution in [0.2, 0.25) is 0 Å². The van der Waals surface area contributed by atoms with Crippen LogP contribution in [0.15, 0.2) is 23.4 Å². The molecule has 33 heavy (non-hydrogen) atoms. The molecule has 1 aliphatic heterocycles. The van der Waals surface area contributed by atoms with Crippen LogP contribution in [-0.4, -0.2) is 43.6 Å². The van der Waals surface area contributed by atoms with Gasteiger partial charge in [-0.15, -0.1) is 21.5 Å². The number of nitrogens with zero attached hydrogens (tertiary/aromatic N) is 4. The normalized spacial score (nSPS) is 13.1. The van der Waals surface area contributed by atoms with Crippen molar-refractivity contribution in [2.24, 2.45) is 0 Å². The van der Waals surface area contributed by atoms with Crippen molar-refractivity contribution in [3.05, 3.63) is 40.2 Å². The van der Waals surface area contributed by atoms with Gasteiger partial charge in [0.05, 0.1) is 17.5 Å². The highest BCUT2D eigenvalue weighted by Crippen LogP contribution is 2.32. The molecule has 0 saturated heterocycles. The third-order valence-corrected chi connectivity index (χ3v) is 7.13. The van der Waals surface area contributed by atoms with E-state index in [-0.39, 0.29) is 25.2 Å². The molecule has 3 aromatic rings. The number of fused-ring (bicyclic) bond motifs is 1. The maximum atomic E-state index is 12.6. The zero-order valence-corrected chi connectivity index (χ0v) is 20.3. The second-order valence-electron chi connectivity index (χ2n) is 7.30. The first-order valence-electron chi connectivity index (χ1n) is 10.4. The van der Waals surface area contributed by atoms with Gasteiger partial charge in [0.25, 0.3) is 5.91 Å². The quantitative estimate of drug-likeness (QED) is 0.464. The minimum absolute atomic E-state index is 0.153. The van der Waals surface area contributed by atoms with E-state index in [1.54, 1.807) is 18.2 Å². The molecule has 0 spiro atoms. The predicted molar refractivity (Wildman–Crippen MR) is 125 cm³/mol. The average molecular weight is 489 g/mol. The largest absolute Gasteiger partial charge is 0.454 e. The lowest BCUT2D eigenvalue weighted by molar-refractivity contribution is -0.115. The van der Waals surface area contributed by atoms with Gasteiger partial charge in [-0.1, -0.05) is 11.8 Å². The molecule has 174 valence electrons. The van der Waals surface area contributed by atoms with Crippen LogP contribution in [0.25, 0.3) is 0 Å². The summed E-state index contributed by atoms with van der Waals surface area (Å²) in [4.78, 5) is 30.6. The Labute approximate surface area is 199 Å². The Morgan fingerprint density at radius 1 is 1.24 bits per heavy atom. The molecule has 0 aliphatic carbocycles. The molecule has 2 aromatic heterocycles. The Hall–Kier alpha value is -3.12. The highest BCUT2D eigenvalue weighted by molar-refractivity contribution is 8.00. The van der Waals surface area contributed by atoms with Gasteiger partial charge in [0.15, 0.2) is 27.6 Å². The molecule has 4 rings (SSSR count). The van der Waals surface area contributed by atoms with Crippen molar-refractivity contribution in [3.8, 4) is 11.5 Å². The van der Waals surface area contributed by atoms with E-state index < -0.39 is 5.25 Å². The van der Waals surface area contributed by atoms with Crippen molar-refractivity contribution in [2.75, 3.05) is 12.1 Å². The Morgan fingerprint density at radius 3 is 2.76 bits per heavy atom. The molecule has 0 fully saturated rings. The number of rotatable bonds is 8. The lowest BCUT2D eigenvalue weighted by atomic mass is 10.2. The lowest BCUT2D eigenvalue weighted by Gasteiger charge is -2.12. The van der Waals surface area contributed by atoms with E-state index in [4.69, 9.17) is 9.47 Å². The summed E-state index contributed by atoms with van der Waals surface area (Å²) in [6.45, 7) is 8.61. The Kier molecular flexibility index (Phi) is 6.84. The number of carbonyl (C=O) groups is 2. The number of carbonyl (C=O) groups excluding carboxylic acids is 2. The van der Waals surface area contributed by atoms with Gasteiger partial charge in [-0.05, 0) is 45.9 Å². The standard InChI is InChI=1S/C21H24N6O4S2/c1-5-27-17(9-22-19(29)14-6-7-15-16(8-14)31-10-30-15)25-26-21(27)33-13(4)18(28)24-20-23-11(2)12(3)32-20/h6-8,13H,5,9-10H2,1-4H3,(H,22,29)(H,23,24,28)/t13-/m1/s1. The first-order chi connectivity index (χ1) is 15.9. The number of aromatic nitrogens is 4. The summed E-state index contributed by atoms with van der Waals surface area (Å²) in [6.07, 6.45) is 0. The molecule has 3 heterocycles. The van der Waals surface area contributed by atoms with Crippen molar-refractivity contribution < 1.29 is 19.1 Å². The van der Waals surface area contributed by atoms with Crippen LogP contribution in [0.4, 0.5) is 5.13 Å². The molecule has 1 aromatic carbocycles. The molecule has 0 bridgehead atoms. The summed E-state index contributed by atoms with van der Waals surface area (Å²) in [5.41, 5.74) is 1.38. The van der Waals surface area contributed by atoms with Gasteiger partial charge in [0.1, 0.15) is 0 Å². The minimum atomic E-state index is -0.403. The van der Waals surface area contributed by atoms with Gasteiger partial charge in [0, 0.05) is 17.0 Å². The number of hydrogen-bond acceptors (Lipinski definition) is 9. The van der Waals surface area contributed by atoms with Crippen LogP contribution in [0, 0.1) is 13.8 Å². The number of benzene rings is 1. The van der Waals surface area contributed by atoms with Gasteiger partial charge < -0.3 is 24.7 Å². The van der Waals surface area contributed by atoms with Crippen molar-refractivity contribution in [1.82, 2.24) is 25.1 Å². The summed E-state index contributed by atoms with van der Waals surface area (Å²) in [5, 5.41) is 15.0. The number of amides is 2. The van der Waals surface area contributed by atoms with Gasteiger partial charge in [-0.25, -0.2) is 4.98 Å². The molecule has 12 heteroatoms. The van der Waals surface area contributed by atoms with Crippen LogP contribution in [-0.2, 0) is 17.9 Å². The lowest BCUT2D eigenvalue weighted by Crippen LogP contribution is -2.25. The van der Waals surface area contributed by atoms with Gasteiger partial charge in [0.2, 0.25) is 12.7 Å². The molecule has 2 N–H and O–H groups in total. The number of thiazole rings is 1. The predicted octanol–water partition coefficient (Wildman–Crippen LogP) is 3.15. The van der Waals surface area contributed by atoms with Crippen LogP contribution >= 0.6 is 23.1 Å². The highest BCUT2D eigenvalue weighted by atomic mass is 32.2. The van der Waals surface area contributed by atoms with Crippen LogP contribution < -0.4 is 20.1 Å². The van der Waals surface area contributed by atoms with E-state index in [1.165, 1.54) is 23.1 Å². The van der Waals surface area contributed by atoms with Crippen molar-refractivity contribution >= 4 is 40.0 Å². The Bertz CT molecular complexity index is 1170. The maximum Gasteiger partial charge on any atom is 0.251 e. The molecular weight excluding hydrogens is 464 g/mol. The molecule has 1 atom stereocenters. The van der Waals surface area contributed by atoms with Crippen molar-refractivity contribution in [3.63, 3.8) is 0 Å². The Morgan fingerprint density at radius 2 is 2.03 bits per heavy atom. The van der Waals surface area contributed by atoms with E-state index in [0.29, 0.717) is 39.7 Å². The second kappa shape index (κ2) is 9.79. The van der Waals surface area contributed by atoms with E-state index >= 15 is 0 Å². The van der Waals surface area contributed by atoms with Crippen LogP contribution in [0.1, 0.15) is 40.6 Å². The summed E-state index contributed by atoms with van der Waals surface area (Å²) < 4.78 is 12.5. The van der Waals surface area contributed by atoms with Crippen LogP contribution in [0.5, 0.6) is 11.5 Å². The van der Waals surface area contributed by atoms with Gasteiger partial charge in [-0.3, -0.25) is 9.59 Å². The SMILES string of the molecule is CCn1c(CNC(=O)c2ccc3c(c2)OCO3)nnc1S[C@H](C)C(=O)Nc1nc(C)c(C)s1. The zero-order valence-electron chi connectivity index (χ0n) is 18.7. The average Bonchev–Trinajstić information content (AvgIpc) is 3.50. The number of aryl methyl sites for hydroxylation is 2. The van der Waals surface area contributed by atoms with Crippen LogP contribution in [0.3, 0.4) is 0 Å². The fraction of sp³-hybridized carbons (Fsp3) is 0.381. The third-order valence-electron chi connectivity index (χ3n) is 5.06. The van der Waals surface area contributed by atoms with E-state index in [0.717, 1.165) is 10.6 Å². The van der Waals surface area contributed by atoms with Crippen molar-refractivity contribution in [1.29, 1.82) is 0 Å². The summed E-state index contributed by atoms with van der Waals surface area (Å²) in [6, 6.07) is 5.04. The molecule has 0 saturated carbocycles. The Balaban J connectivity index is 1.37. The first-order valence-corrected chi connectivity index (χ1v) is 12.1. The maximum absolute atomic E-state index is 12.6. The fourth-order valence-electron chi connectivity index (χ4n) is 3.10. The summed E-state index contributed by atoms with van der Waals surface area (Å²) in [7, 11) is 0. The highest BCUT2D eigenvalue weighted by Gasteiger charge is 2.22. The number of anilines is 1.